The predicted octanol–water partition coefficient (Wildman–Crippen LogP) is 2.83. The van der Waals surface area contributed by atoms with E-state index in [0.29, 0.717) is 16.6 Å². The number of nitrogens with zero attached hydrogens (tertiary/aromatic N) is 3. The molecular formula is C11H11N3O2SSi. The van der Waals surface area contributed by atoms with Crippen LogP contribution in [-0.2, 0) is 0 Å². The second-order valence-electron chi connectivity index (χ2n) is 4.88. The van der Waals surface area contributed by atoms with Crippen LogP contribution in [0.4, 0.5) is 5.69 Å². The van der Waals surface area contributed by atoms with Crippen molar-refractivity contribution < 1.29 is 4.92 Å². The molecule has 1 aromatic heterocycles. The fourth-order valence-electron chi connectivity index (χ4n) is 1.33. The summed E-state index contributed by atoms with van der Waals surface area (Å²) in [6.45, 7) is 6.28. The highest BCUT2D eigenvalue weighted by molar-refractivity contribution is 7.00. The largest absolute Gasteiger partial charge is 0.287 e. The van der Waals surface area contributed by atoms with E-state index in [4.69, 9.17) is 0 Å². The first-order valence-electron chi connectivity index (χ1n) is 5.31. The number of aromatic nitrogens is 2. The normalized spacial score (nSPS) is 11.1. The first-order valence-corrected chi connectivity index (χ1v) is 9.54. The van der Waals surface area contributed by atoms with Gasteiger partial charge >= 0.3 is 0 Å². The third-order valence-corrected chi connectivity index (χ3v) is 3.57. The molecule has 2 rings (SSSR count). The van der Waals surface area contributed by atoms with E-state index in [1.807, 2.05) is 0 Å². The quantitative estimate of drug-likeness (QED) is 0.348. The molecule has 1 heterocycles. The number of hydrogen-bond acceptors (Lipinski definition) is 5. The molecule has 0 amide bonds. The molecular weight excluding hydrogens is 266 g/mol. The molecule has 7 heteroatoms. The minimum absolute atomic E-state index is 0.000880. The van der Waals surface area contributed by atoms with Crippen LogP contribution in [0.1, 0.15) is 5.56 Å². The Balaban J connectivity index is 2.62. The zero-order valence-corrected chi connectivity index (χ0v) is 12.0. The third-order valence-electron chi connectivity index (χ3n) is 2.14. The molecule has 92 valence electrons. The summed E-state index contributed by atoms with van der Waals surface area (Å²) in [6, 6.07) is 3.08. The Morgan fingerprint density at radius 2 is 1.89 bits per heavy atom. The van der Waals surface area contributed by atoms with Crippen LogP contribution < -0.4 is 0 Å². The fourth-order valence-corrected chi connectivity index (χ4v) is 2.35. The Hall–Kier alpha value is -1.78. The maximum atomic E-state index is 11.0. The van der Waals surface area contributed by atoms with Crippen LogP contribution in [0.25, 0.3) is 11.0 Å². The van der Waals surface area contributed by atoms with Crippen molar-refractivity contribution >= 4 is 36.5 Å². The summed E-state index contributed by atoms with van der Waals surface area (Å²) in [5, 5.41) is 11.0. The number of benzene rings is 1. The van der Waals surface area contributed by atoms with E-state index >= 15 is 0 Å². The van der Waals surface area contributed by atoms with E-state index in [1.54, 1.807) is 6.07 Å². The summed E-state index contributed by atoms with van der Waals surface area (Å²) in [7, 11) is -1.57. The van der Waals surface area contributed by atoms with Gasteiger partial charge in [0.1, 0.15) is 24.7 Å². The van der Waals surface area contributed by atoms with Crippen molar-refractivity contribution in [3.05, 3.63) is 27.8 Å². The van der Waals surface area contributed by atoms with E-state index in [0.717, 1.165) is 11.7 Å². The molecule has 0 aliphatic heterocycles. The highest BCUT2D eigenvalue weighted by Gasteiger charge is 2.16. The smallest absolute Gasteiger partial charge is 0.258 e. The Kier molecular flexibility index (Phi) is 3.15. The number of fused-ring (bicyclic) bond motifs is 1. The number of hydrogen-bond donors (Lipinski definition) is 0. The predicted molar refractivity (Wildman–Crippen MR) is 74.3 cm³/mol. The Bertz CT molecular complexity index is 679. The molecule has 0 bridgehead atoms. The van der Waals surface area contributed by atoms with Gasteiger partial charge in [0.05, 0.1) is 16.7 Å². The summed E-state index contributed by atoms with van der Waals surface area (Å²) in [6.07, 6.45) is 0. The maximum absolute atomic E-state index is 11.0. The van der Waals surface area contributed by atoms with Gasteiger partial charge < -0.3 is 0 Å². The first kappa shape index (κ1) is 12.7. The molecule has 0 N–H and O–H groups in total. The van der Waals surface area contributed by atoms with Crippen LogP contribution in [-0.4, -0.2) is 21.7 Å². The van der Waals surface area contributed by atoms with E-state index in [2.05, 4.69) is 39.9 Å². The zero-order chi connectivity index (χ0) is 13.3. The van der Waals surface area contributed by atoms with E-state index in [9.17, 15) is 10.1 Å². The molecule has 0 aliphatic rings. The highest BCUT2D eigenvalue weighted by atomic mass is 32.1. The number of nitro groups is 1. The Morgan fingerprint density at radius 1 is 1.28 bits per heavy atom. The summed E-state index contributed by atoms with van der Waals surface area (Å²) >= 11 is 1.04. The first-order chi connectivity index (χ1) is 8.37. The molecule has 0 fully saturated rings. The summed E-state index contributed by atoms with van der Waals surface area (Å²) in [4.78, 5) is 10.6. The Morgan fingerprint density at radius 3 is 2.44 bits per heavy atom. The van der Waals surface area contributed by atoms with Crippen LogP contribution in [0.5, 0.6) is 0 Å². The molecule has 0 aliphatic carbocycles. The van der Waals surface area contributed by atoms with Gasteiger partial charge in [-0.25, -0.2) is 0 Å². The lowest BCUT2D eigenvalue weighted by atomic mass is 10.1. The van der Waals surface area contributed by atoms with Crippen molar-refractivity contribution in [2.24, 2.45) is 0 Å². The van der Waals surface area contributed by atoms with Crippen LogP contribution in [0.15, 0.2) is 12.1 Å². The second-order valence-corrected chi connectivity index (χ2v) is 10.2. The molecule has 0 saturated carbocycles. The lowest BCUT2D eigenvalue weighted by molar-refractivity contribution is -0.385. The molecule has 2 aromatic rings. The molecule has 18 heavy (non-hydrogen) atoms. The molecule has 0 unspecified atom stereocenters. The molecule has 0 saturated heterocycles. The topological polar surface area (TPSA) is 68.9 Å². The minimum atomic E-state index is -1.57. The maximum Gasteiger partial charge on any atom is 0.287 e. The van der Waals surface area contributed by atoms with Crippen molar-refractivity contribution in [3.8, 4) is 11.5 Å². The van der Waals surface area contributed by atoms with Crippen molar-refractivity contribution in [3.63, 3.8) is 0 Å². The summed E-state index contributed by atoms with van der Waals surface area (Å²) in [5.41, 5.74) is 4.75. The van der Waals surface area contributed by atoms with Crippen molar-refractivity contribution in [1.29, 1.82) is 0 Å². The average Bonchev–Trinajstić information content (AvgIpc) is 2.70. The van der Waals surface area contributed by atoms with Crippen molar-refractivity contribution in [2.75, 3.05) is 0 Å². The third kappa shape index (κ3) is 2.72. The lowest BCUT2D eigenvalue weighted by Gasteiger charge is -2.03. The monoisotopic (exact) mass is 277 g/mol. The minimum Gasteiger partial charge on any atom is -0.258 e. The number of nitro benzene ring substituents is 1. The fraction of sp³-hybridized carbons (Fsp3) is 0.273. The molecule has 0 spiro atoms. The van der Waals surface area contributed by atoms with Gasteiger partial charge in [0.25, 0.3) is 5.69 Å². The van der Waals surface area contributed by atoms with Gasteiger partial charge in [-0.2, -0.15) is 8.75 Å². The van der Waals surface area contributed by atoms with E-state index < -0.39 is 13.0 Å². The summed E-state index contributed by atoms with van der Waals surface area (Å²) in [5.74, 6) is 2.92. The molecule has 5 nitrogen and oxygen atoms in total. The Labute approximate surface area is 109 Å². The van der Waals surface area contributed by atoms with E-state index in [-0.39, 0.29) is 5.69 Å². The van der Waals surface area contributed by atoms with Crippen LogP contribution in [0.3, 0.4) is 0 Å². The van der Waals surface area contributed by atoms with Gasteiger partial charge in [0, 0.05) is 6.07 Å². The van der Waals surface area contributed by atoms with Gasteiger partial charge in [-0.3, -0.25) is 10.1 Å². The SMILES string of the molecule is C[Si](C)(C)C#Cc1cc2nsnc2cc1[N+](=O)[O-]. The lowest BCUT2D eigenvalue weighted by Crippen LogP contribution is -2.16. The van der Waals surface area contributed by atoms with Gasteiger partial charge in [-0.05, 0) is 6.07 Å². The number of rotatable bonds is 1. The molecule has 0 atom stereocenters. The second kappa shape index (κ2) is 4.47. The average molecular weight is 277 g/mol. The van der Waals surface area contributed by atoms with Crippen molar-refractivity contribution in [1.82, 2.24) is 8.75 Å². The molecule has 0 radical (unpaired) electrons. The summed E-state index contributed by atoms with van der Waals surface area (Å²) < 4.78 is 8.07. The van der Waals surface area contributed by atoms with Crippen LogP contribution in [0, 0.1) is 21.6 Å². The molecule has 1 aromatic carbocycles. The van der Waals surface area contributed by atoms with Gasteiger partial charge in [0.2, 0.25) is 0 Å². The highest BCUT2D eigenvalue weighted by Crippen LogP contribution is 2.24. The standard InChI is InChI=1S/C11H11N3O2SSi/c1-18(2,3)5-4-8-6-9-10(13-17-12-9)7-11(8)14(15)16/h6-7H,1-3H3. The van der Waals surface area contributed by atoms with Gasteiger partial charge in [0.15, 0.2) is 0 Å². The zero-order valence-electron chi connectivity index (χ0n) is 10.2. The van der Waals surface area contributed by atoms with Crippen molar-refractivity contribution in [2.45, 2.75) is 19.6 Å². The van der Waals surface area contributed by atoms with Crippen LogP contribution in [0.2, 0.25) is 19.6 Å². The van der Waals surface area contributed by atoms with Gasteiger partial charge in [-0.15, -0.1) is 5.54 Å². The van der Waals surface area contributed by atoms with E-state index in [1.165, 1.54) is 6.07 Å². The van der Waals surface area contributed by atoms with Crippen LogP contribution >= 0.6 is 11.7 Å². The van der Waals surface area contributed by atoms with Gasteiger partial charge in [-0.1, -0.05) is 25.6 Å².